The highest BCUT2D eigenvalue weighted by molar-refractivity contribution is 7.99. The lowest BCUT2D eigenvalue weighted by molar-refractivity contribution is -0.113. The summed E-state index contributed by atoms with van der Waals surface area (Å²) in [7, 11) is 2.46. The molecule has 1 heterocycles. The van der Waals surface area contributed by atoms with Crippen LogP contribution in [0.2, 0.25) is 10.0 Å². The Morgan fingerprint density at radius 1 is 1.03 bits per heavy atom. The molecule has 0 aliphatic heterocycles. The maximum Gasteiger partial charge on any atom is 0.339 e. The molecule has 3 rings (SSSR count). The van der Waals surface area contributed by atoms with Gasteiger partial charge in [-0.3, -0.25) is 4.79 Å². The third kappa shape index (κ3) is 5.69. The Morgan fingerprint density at radius 2 is 1.76 bits per heavy atom. The molecule has 1 aromatic heterocycles. The summed E-state index contributed by atoms with van der Waals surface area (Å²) in [6.07, 6.45) is 0. The molecule has 0 aliphatic rings. The zero-order chi connectivity index (χ0) is 24.8. The largest absolute Gasteiger partial charge is 0.465 e. The van der Waals surface area contributed by atoms with Gasteiger partial charge in [0.25, 0.3) is 0 Å². The second-order valence-electron chi connectivity index (χ2n) is 6.75. The lowest BCUT2D eigenvalue weighted by atomic mass is 10.1. The number of amides is 1. The van der Waals surface area contributed by atoms with Crippen molar-refractivity contribution >= 4 is 58.5 Å². The van der Waals surface area contributed by atoms with E-state index in [1.807, 2.05) is 11.5 Å². The van der Waals surface area contributed by atoms with E-state index >= 15 is 0 Å². The molecule has 34 heavy (non-hydrogen) atoms. The van der Waals surface area contributed by atoms with E-state index in [0.717, 1.165) is 11.8 Å². The van der Waals surface area contributed by atoms with Crippen LogP contribution in [0.3, 0.4) is 0 Å². The standard InChI is InChI=1S/C22H20Cl2N4O5S/c1-4-28-19(14-8-6-13(23)10-16(14)24)26-27-22(28)34-11-18(29)25-17-9-12(20(30)32-2)5-7-15(17)21(31)33-3/h5-10H,4,11H2,1-3H3,(H,25,29). The van der Waals surface area contributed by atoms with Gasteiger partial charge in [-0.15, -0.1) is 10.2 Å². The number of esters is 2. The van der Waals surface area contributed by atoms with Gasteiger partial charge in [0.05, 0.1) is 41.8 Å². The van der Waals surface area contributed by atoms with Crippen LogP contribution in [0.15, 0.2) is 41.6 Å². The van der Waals surface area contributed by atoms with E-state index in [1.54, 1.807) is 18.2 Å². The average Bonchev–Trinajstić information content (AvgIpc) is 3.24. The van der Waals surface area contributed by atoms with Crippen molar-refractivity contribution in [2.75, 3.05) is 25.3 Å². The van der Waals surface area contributed by atoms with Crippen LogP contribution < -0.4 is 5.32 Å². The maximum absolute atomic E-state index is 12.7. The fourth-order valence-corrected chi connectivity index (χ4v) is 4.34. The van der Waals surface area contributed by atoms with Gasteiger partial charge in [-0.1, -0.05) is 35.0 Å². The molecule has 3 aromatic rings. The highest BCUT2D eigenvalue weighted by Crippen LogP contribution is 2.31. The first kappa shape index (κ1) is 25.5. The molecule has 2 aromatic carbocycles. The summed E-state index contributed by atoms with van der Waals surface area (Å²) in [4.78, 5) is 36.6. The third-order valence-electron chi connectivity index (χ3n) is 4.66. The number of nitrogens with zero attached hydrogens (tertiary/aromatic N) is 3. The molecule has 12 heteroatoms. The number of nitrogens with one attached hydrogen (secondary N) is 1. The number of ether oxygens (including phenoxy) is 2. The van der Waals surface area contributed by atoms with Crippen molar-refractivity contribution in [3.63, 3.8) is 0 Å². The fraction of sp³-hybridized carbons (Fsp3) is 0.227. The van der Waals surface area contributed by atoms with Crippen molar-refractivity contribution in [1.29, 1.82) is 0 Å². The van der Waals surface area contributed by atoms with E-state index in [9.17, 15) is 14.4 Å². The summed E-state index contributed by atoms with van der Waals surface area (Å²) < 4.78 is 11.3. The van der Waals surface area contributed by atoms with E-state index in [-0.39, 0.29) is 22.6 Å². The molecule has 1 N–H and O–H groups in total. The van der Waals surface area contributed by atoms with Gasteiger partial charge >= 0.3 is 11.9 Å². The average molecular weight is 523 g/mol. The van der Waals surface area contributed by atoms with Gasteiger partial charge in [0.1, 0.15) is 0 Å². The number of carbonyl (C=O) groups excluding carboxylic acids is 3. The summed E-state index contributed by atoms with van der Waals surface area (Å²) in [5, 5.41) is 12.5. The number of benzene rings is 2. The molecule has 0 aliphatic carbocycles. The van der Waals surface area contributed by atoms with Gasteiger partial charge in [-0.2, -0.15) is 0 Å². The lowest BCUT2D eigenvalue weighted by Crippen LogP contribution is -2.18. The minimum absolute atomic E-state index is 0.0322. The molecule has 0 saturated heterocycles. The smallest absolute Gasteiger partial charge is 0.339 e. The van der Waals surface area contributed by atoms with Crippen LogP contribution in [0.25, 0.3) is 11.4 Å². The number of anilines is 1. The molecule has 9 nitrogen and oxygen atoms in total. The molecule has 0 bridgehead atoms. The normalized spacial score (nSPS) is 10.6. The van der Waals surface area contributed by atoms with Crippen LogP contribution >= 0.6 is 35.0 Å². The Bertz CT molecular complexity index is 1250. The minimum Gasteiger partial charge on any atom is -0.465 e. The number of halogens is 2. The molecule has 0 radical (unpaired) electrons. The Hall–Kier alpha value is -3.08. The number of aromatic nitrogens is 3. The van der Waals surface area contributed by atoms with Gasteiger partial charge in [0.2, 0.25) is 5.91 Å². The topological polar surface area (TPSA) is 112 Å². The lowest BCUT2D eigenvalue weighted by Gasteiger charge is -2.12. The van der Waals surface area contributed by atoms with E-state index in [0.29, 0.717) is 33.1 Å². The van der Waals surface area contributed by atoms with Crippen molar-refractivity contribution in [1.82, 2.24) is 14.8 Å². The number of rotatable bonds is 8. The summed E-state index contributed by atoms with van der Waals surface area (Å²) >= 11 is 13.4. The monoisotopic (exact) mass is 522 g/mol. The van der Waals surface area contributed by atoms with Crippen molar-refractivity contribution in [2.24, 2.45) is 0 Å². The Labute approximate surface area is 209 Å². The highest BCUT2D eigenvalue weighted by Gasteiger charge is 2.20. The summed E-state index contributed by atoms with van der Waals surface area (Å²) in [5.74, 6) is -1.17. The van der Waals surface area contributed by atoms with E-state index in [2.05, 4.69) is 15.5 Å². The molecule has 0 atom stereocenters. The molecule has 0 fully saturated rings. The van der Waals surface area contributed by atoms with Crippen LogP contribution in [-0.2, 0) is 20.8 Å². The fourth-order valence-electron chi connectivity index (χ4n) is 3.05. The number of hydrogen-bond donors (Lipinski definition) is 1. The SMILES string of the molecule is CCn1c(SCC(=O)Nc2cc(C(=O)OC)ccc2C(=O)OC)nnc1-c1ccc(Cl)cc1Cl. The first-order chi connectivity index (χ1) is 16.3. The molecular weight excluding hydrogens is 503 g/mol. The van der Waals surface area contributed by atoms with Crippen molar-refractivity contribution in [3.8, 4) is 11.4 Å². The third-order valence-corrected chi connectivity index (χ3v) is 6.17. The predicted octanol–water partition coefficient (Wildman–Crippen LogP) is 4.58. The van der Waals surface area contributed by atoms with Gasteiger partial charge in [-0.25, -0.2) is 9.59 Å². The van der Waals surface area contributed by atoms with Crippen molar-refractivity contribution in [3.05, 3.63) is 57.6 Å². The predicted molar refractivity (Wildman–Crippen MR) is 130 cm³/mol. The number of carbonyl (C=O) groups is 3. The first-order valence-corrected chi connectivity index (χ1v) is 11.6. The Morgan fingerprint density at radius 3 is 2.41 bits per heavy atom. The zero-order valence-electron chi connectivity index (χ0n) is 18.4. The Balaban J connectivity index is 1.79. The second-order valence-corrected chi connectivity index (χ2v) is 8.54. The molecule has 0 unspecified atom stereocenters. The highest BCUT2D eigenvalue weighted by atomic mass is 35.5. The van der Waals surface area contributed by atoms with E-state index in [4.69, 9.17) is 32.7 Å². The van der Waals surface area contributed by atoms with Crippen LogP contribution in [0.1, 0.15) is 27.6 Å². The minimum atomic E-state index is -0.658. The van der Waals surface area contributed by atoms with Crippen LogP contribution in [-0.4, -0.2) is 52.6 Å². The van der Waals surface area contributed by atoms with Crippen LogP contribution in [0.4, 0.5) is 5.69 Å². The first-order valence-electron chi connectivity index (χ1n) is 9.91. The number of methoxy groups -OCH3 is 2. The van der Waals surface area contributed by atoms with Gasteiger partial charge in [-0.05, 0) is 43.3 Å². The Kier molecular flexibility index (Phi) is 8.54. The summed E-state index contributed by atoms with van der Waals surface area (Å²) in [6, 6.07) is 9.24. The van der Waals surface area contributed by atoms with Crippen molar-refractivity contribution in [2.45, 2.75) is 18.6 Å². The molecular formula is C22H20Cl2N4O5S. The molecule has 178 valence electrons. The van der Waals surface area contributed by atoms with Gasteiger partial charge < -0.3 is 19.4 Å². The van der Waals surface area contributed by atoms with Crippen LogP contribution in [0, 0.1) is 0 Å². The zero-order valence-corrected chi connectivity index (χ0v) is 20.8. The number of thioether (sulfide) groups is 1. The summed E-state index contributed by atoms with van der Waals surface area (Å²) in [5.41, 5.74) is 1.07. The molecule has 0 saturated carbocycles. The molecule has 1 amide bonds. The van der Waals surface area contributed by atoms with Gasteiger partial charge in [0, 0.05) is 17.1 Å². The van der Waals surface area contributed by atoms with E-state index < -0.39 is 17.8 Å². The number of hydrogen-bond acceptors (Lipinski definition) is 8. The quantitative estimate of drug-likeness (QED) is 0.338. The second kappa shape index (κ2) is 11.4. The maximum atomic E-state index is 12.7. The van der Waals surface area contributed by atoms with Gasteiger partial charge in [0.15, 0.2) is 11.0 Å². The molecule has 0 spiro atoms. The summed E-state index contributed by atoms with van der Waals surface area (Å²) in [6.45, 7) is 2.46. The van der Waals surface area contributed by atoms with E-state index in [1.165, 1.54) is 32.4 Å². The van der Waals surface area contributed by atoms with Crippen molar-refractivity contribution < 1.29 is 23.9 Å². The van der Waals surface area contributed by atoms with Crippen LogP contribution in [0.5, 0.6) is 0 Å².